The van der Waals surface area contributed by atoms with Gasteiger partial charge in [-0.15, -0.1) is 12.4 Å². The van der Waals surface area contributed by atoms with Crippen molar-refractivity contribution >= 4 is 18.3 Å². The minimum atomic E-state index is -0.129. The van der Waals surface area contributed by atoms with Gasteiger partial charge in [-0.25, -0.2) is 0 Å². The lowest BCUT2D eigenvalue weighted by molar-refractivity contribution is -0.144. The van der Waals surface area contributed by atoms with Crippen molar-refractivity contribution in [1.82, 2.24) is 10.2 Å². The maximum Gasteiger partial charge on any atom is 0.230 e. The molecule has 2 aliphatic rings. The molecule has 1 heterocycles. The van der Waals surface area contributed by atoms with Crippen molar-refractivity contribution < 1.29 is 4.79 Å². The number of hydrogen-bond donors (Lipinski definition) is 1. The van der Waals surface area contributed by atoms with E-state index in [1.807, 2.05) is 11.9 Å². The van der Waals surface area contributed by atoms with Gasteiger partial charge in [0.25, 0.3) is 0 Å². The highest BCUT2D eigenvalue weighted by atomic mass is 35.5. The van der Waals surface area contributed by atoms with Gasteiger partial charge in [0.05, 0.1) is 5.41 Å². The van der Waals surface area contributed by atoms with Gasteiger partial charge in [-0.3, -0.25) is 4.79 Å². The number of carbonyl (C=O) groups excluding carboxylic acids is 1. The quantitative estimate of drug-likeness (QED) is 0.927. The van der Waals surface area contributed by atoms with E-state index in [-0.39, 0.29) is 17.8 Å². The number of nitrogens with zero attached hydrogens (tertiary/aromatic N) is 1. The highest BCUT2D eigenvalue weighted by molar-refractivity contribution is 5.85. The minimum Gasteiger partial charge on any atom is -0.341 e. The molecule has 0 unspecified atom stereocenters. The first-order valence-corrected chi connectivity index (χ1v) is 8.14. The highest BCUT2D eigenvalue weighted by Gasteiger charge is 2.50. The minimum absolute atomic E-state index is 0. The molecule has 3 nitrogen and oxygen atoms in total. The molecule has 22 heavy (non-hydrogen) atoms. The smallest absolute Gasteiger partial charge is 0.230 e. The molecule has 0 bridgehead atoms. The summed E-state index contributed by atoms with van der Waals surface area (Å²) in [5.74, 6) is 0.888. The maximum atomic E-state index is 13.1. The summed E-state index contributed by atoms with van der Waals surface area (Å²) in [6.45, 7) is 4.73. The second kappa shape index (κ2) is 7.01. The van der Waals surface area contributed by atoms with E-state index in [9.17, 15) is 4.79 Å². The molecular formula is C18H27ClN2O. The Morgan fingerprint density at radius 3 is 2.91 bits per heavy atom. The van der Waals surface area contributed by atoms with Gasteiger partial charge in [-0.1, -0.05) is 37.1 Å². The van der Waals surface area contributed by atoms with E-state index < -0.39 is 0 Å². The summed E-state index contributed by atoms with van der Waals surface area (Å²) in [6, 6.07) is 8.35. The first-order chi connectivity index (χ1) is 10.1. The van der Waals surface area contributed by atoms with E-state index in [0.29, 0.717) is 11.8 Å². The van der Waals surface area contributed by atoms with Crippen LogP contribution in [0.1, 0.15) is 36.8 Å². The lowest BCUT2D eigenvalue weighted by atomic mass is 9.67. The normalized spacial score (nSPS) is 26.9. The van der Waals surface area contributed by atoms with Gasteiger partial charge < -0.3 is 10.2 Å². The third kappa shape index (κ3) is 3.02. The molecule has 0 spiro atoms. The third-order valence-electron chi connectivity index (χ3n) is 5.48. The summed E-state index contributed by atoms with van der Waals surface area (Å²) in [5, 5.41) is 3.47. The molecule has 1 aliphatic heterocycles. The molecule has 3 rings (SSSR count). The Morgan fingerprint density at radius 1 is 1.36 bits per heavy atom. The Hall–Kier alpha value is -1.06. The van der Waals surface area contributed by atoms with Crippen LogP contribution in [0, 0.1) is 18.3 Å². The van der Waals surface area contributed by atoms with Crippen molar-refractivity contribution in [2.24, 2.45) is 11.3 Å². The Labute approximate surface area is 139 Å². The lowest BCUT2D eigenvalue weighted by Gasteiger charge is -2.40. The maximum absolute atomic E-state index is 13.1. The van der Waals surface area contributed by atoms with Gasteiger partial charge in [0, 0.05) is 20.1 Å². The Balaban J connectivity index is 0.00000176. The summed E-state index contributed by atoms with van der Waals surface area (Å²) < 4.78 is 0. The van der Waals surface area contributed by atoms with Crippen LogP contribution in [0.3, 0.4) is 0 Å². The van der Waals surface area contributed by atoms with Crippen LogP contribution >= 0.6 is 12.4 Å². The number of halogens is 1. The molecular weight excluding hydrogens is 296 g/mol. The Bertz CT molecular complexity index is 534. The summed E-state index contributed by atoms with van der Waals surface area (Å²) in [7, 11) is 1.97. The number of benzene rings is 1. The van der Waals surface area contributed by atoms with E-state index in [0.717, 1.165) is 26.1 Å². The standard InChI is InChI=1S/C18H26N2O.ClH/c1-14-7-3-4-8-15(14)12-20(2)17(21)18-10-6-5-9-16(18)11-19-13-18;/h3-4,7-8,16,19H,5-6,9-13H2,1-2H3;1H/t16-,18+;/m0./s1. The number of rotatable bonds is 3. The van der Waals surface area contributed by atoms with Crippen molar-refractivity contribution in [3.8, 4) is 0 Å². The first-order valence-electron chi connectivity index (χ1n) is 8.14. The molecule has 2 atom stereocenters. The number of carbonyl (C=O) groups is 1. The van der Waals surface area contributed by atoms with Crippen molar-refractivity contribution in [3.63, 3.8) is 0 Å². The molecule has 1 amide bonds. The Morgan fingerprint density at radius 2 is 2.14 bits per heavy atom. The SMILES string of the molecule is Cc1ccccc1CN(C)C(=O)[C@@]12CCCC[C@H]1CNC2.Cl. The topological polar surface area (TPSA) is 32.3 Å². The molecule has 1 saturated heterocycles. The van der Waals surface area contributed by atoms with Crippen LogP contribution in [0.4, 0.5) is 0 Å². The molecule has 1 aliphatic carbocycles. The summed E-state index contributed by atoms with van der Waals surface area (Å²) >= 11 is 0. The number of amides is 1. The number of aryl methyl sites for hydroxylation is 1. The average Bonchev–Trinajstić information content (AvgIpc) is 2.93. The van der Waals surface area contributed by atoms with E-state index in [1.54, 1.807) is 0 Å². The van der Waals surface area contributed by atoms with Crippen LogP contribution in [0.25, 0.3) is 0 Å². The predicted octanol–water partition coefficient (Wildman–Crippen LogP) is 3.16. The molecule has 1 aromatic carbocycles. The van der Waals surface area contributed by atoms with Gasteiger partial charge in [-0.2, -0.15) is 0 Å². The first kappa shape index (κ1) is 17.3. The molecule has 2 fully saturated rings. The zero-order valence-corrected chi connectivity index (χ0v) is 14.4. The van der Waals surface area contributed by atoms with Crippen molar-refractivity contribution in [3.05, 3.63) is 35.4 Å². The Kier molecular flexibility index (Phi) is 5.51. The molecule has 4 heteroatoms. The van der Waals surface area contributed by atoms with Crippen LogP contribution in [-0.4, -0.2) is 30.9 Å². The average molecular weight is 323 g/mol. The fourth-order valence-electron chi connectivity index (χ4n) is 4.16. The van der Waals surface area contributed by atoms with Gasteiger partial charge in [0.1, 0.15) is 0 Å². The summed E-state index contributed by atoms with van der Waals surface area (Å²) in [5.41, 5.74) is 2.39. The zero-order valence-electron chi connectivity index (χ0n) is 13.6. The molecule has 1 N–H and O–H groups in total. The number of nitrogens with one attached hydrogen (secondary N) is 1. The zero-order chi connectivity index (χ0) is 14.9. The van der Waals surface area contributed by atoms with Gasteiger partial charge in [0.2, 0.25) is 5.91 Å². The second-order valence-electron chi connectivity index (χ2n) is 6.82. The molecule has 1 saturated carbocycles. The van der Waals surface area contributed by atoms with Gasteiger partial charge in [0.15, 0.2) is 0 Å². The molecule has 122 valence electrons. The monoisotopic (exact) mass is 322 g/mol. The number of fused-ring (bicyclic) bond motifs is 1. The van der Waals surface area contributed by atoms with Crippen LogP contribution in [-0.2, 0) is 11.3 Å². The second-order valence-corrected chi connectivity index (χ2v) is 6.82. The summed E-state index contributed by atoms with van der Waals surface area (Å²) in [6.07, 6.45) is 4.74. The molecule has 0 radical (unpaired) electrons. The van der Waals surface area contributed by atoms with Crippen LogP contribution in [0.5, 0.6) is 0 Å². The number of hydrogen-bond acceptors (Lipinski definition) is 2. The van der Waals surface area contributed by atoms with Crippen LogP contribution in [0.15, 0.2) is 24.3 Å². The van der Waals surface area contributed by atoms with E-state index in [4.69, 9.17) is 0 Å². The lowest BCUT2D eigenvalue weighted by Crippen LogP contribution is -2.48. The van der Waals surface area contributed by atoms with Crippen LogP contribution < -0.4 is 5.32 Å². The third-order valence-corrected chi connectivity index (χ3v) is 5.48. The van der Waals surface area contributed by atoms with E-state index >= 15 is 0 Å². The fourth-order valence-corrected chi connectivity index (χ4v) is 4.16. The van der Waals surface area contributed by atoms with Gasteiger partial charge >= 0.3 is 0 Å². The highest BCUT2D eigenvalue weighted by Crippen LogP contribution is 2.45. The summed E-state index contributed by atoms with van der Waals surface area (Å²) in [4.78, 5) is 15.1. The predicted molar refractivity (Wildman–Crippen MR) is 92.2 cm³/mol. The van der Waals surface area contributed by atoms with Crippen molar-refractivity contribution in [2.45, 2.75) is 39.2 Å². The van der Waals surface area contributed by atoms with Crippen molar-refractivity contribution in [1.29, 1.82) is 0 Å². The van der Waals surface area contributed by atoms with E-state index in [1.165, 1.54) is 30.4 Å². The van der Waals surface area contributed by atoms with Crippen LogP contribution in [0.2, 0.25) is 0 Å². The van der Waals surface area contributed by atoms with E-state index in [2.05, 4.69) is 36.5 Å². The van der Waals surface area contributed by atoms with Crippen molar-refractivity contribution in [2.75, 3.05) is 20.1 Å². The largest absolute Gasteiger partial charge is 0.341 e. The molecule has 1 aromatic rings. The fraction of sp³-hybridized carbons (Fsp3) is 0.611. The van der Waals surface area contributed by atoms with Gasteiger partial charge in [-0.05, 0) is 43.4 Å². The molecule has 0 aromatic heterocycles.